The minimum Gasteiger partial charge on any atom is -0.497 e. The van der Waals surface area contributed by atoms with Crippen molar-refractivity contribution in [2.75, 3.05) is 27.4 Å². The van der Waals surface area contributed by atoms with E-state index in [1.165, 1.54) is 27.2 Å². The van der Waals surface area contributed by atoms with Gasteiger partial charge in [0.15, 0.2) is 0 Å². The average Bonchev–Trinajstić information content (AvgIpc) is 2.45. The van der Waals surface area contributed by atoms with Crippen molar-refractivity contribution in [3.8, 4) is 11.5 Å². The molecule has 0 saturated carbocycles. The maximum absolute atomic E-state index is 12.3. The van der Waals surface area contributed by atoms with Crippen molar-refractivity contribution >= 4 is 21.8 Å². The molecule has 1 aromatic rings. The molecule has 0 radical (unpaired) electrons. The van der Waals surface area contributed by atoms with Gasteiger partial charge in [0.1, 0.15) is 11.5 Å². The van der Waals surface area contributed by atoms with Crippen molar-refractivity contribution in [2.45, 2.75) is 12.5 Å². The summed E-state index contributed by atoms with van der Waals surface area (Å²) in [4.78, 5) is 12.3. The van der Waals surface area contributed by atoms with E-state index < -0.39 is 11.4 Å². The lowest BCUT2D eigenvalue weighted by molar-refractivity contribution is 0.0721. The number of ether oxygens (including phenoxy) is 2. The number of methoxy groups -OCH3 is 2. The third-order valence-electron chi connectivity index (χ3n) is 2.81. The number of rotatable bonds is 6. The molecule has 0 aromatic heterocycles. The number of benzene rings is 1. The van der Waals surface area contributed by atoms with Gasteiger partial charge in [-0.05, 0) is 35.0 Å². The summed E-state index contributed by atoms with van der Waals surface area (Å²) in [7, 11) is 2.93. The van der Waals surface area contributed by atoms with E-state index >= 15 is 0 Å². The van der Waals surface area contributed by atoms with Crippen LogP contribution in [0, 0.1) is 0 Å². The lowest BCUT2D eigenvalue weighted by Gasteiger charge is -2.26. The molecular formula is C13H18BrNO5. The molecule has 7 heteroatoms. The molecule has 6 nitrogen and oxygen atoms in total. The molecule has 3 N–H and O–H groups in total. The summed E-state index contributed by atoms with van der Waals surface area (Å²) in [6.45, 7) is 0.762. The standard InChI is InChI=1S/C13H18BrNO5/c1-13(6-16,7-17)15-12(18)9-4-8(19-2)5-10(14)11(9)20-3/h4-5,16-17H,6-7H2,1-3H3,(H,15,18). The molecule has 1 amide bonds. The normalized spacial score (nSPS) is 11.1. The van der Waals surface area contributed by atoms with E-state index in [0.717, 1.165) is 0 Å². The Labute approximate surface area is 125 Å². The molecule has 0 fully saturated rings. The highest BCUT2D eigenvalue weighted by Crippen LogP contribution is 2.33. The second kappa shape index (κ2) is 6.92. The van der Waals surface area contributed by atoms with E-state index in [-0.39, 0.29) is 18.8 Å². The Hall–Kier alpha value is -1.31. The van der Waals surface area contributed by atoms with Crippen LogP contribution in [0.4, 0.5) is 0 Å². The number of aliphatic hydroxyl groups is 2. The summed E-state index contributed by atoms with van der Waals surface area (Å²) < 4.78 is 10.9. The molecule has 0 saturated heterocycles. The first-order valence-corrected chi connectivity index (χ1v) is 6.66. The summed E-state index contributed by atoms with van der Waals surface area (Å²) in [5.41, 5.74) is -0.871. The molecule has 0 aliphatic rings. The molecule has 0 aliphatic heterocycles. The van der Waals surface area contributed by atoms with Gasteiger partial charge in [-0.15, -0.1) is 0 Å². The number of halogens is 1. The van der Waals surface area contributed by atoms with Gasteiger partial charge in [0.05, 0.1) is 43.0 Å². The topological polar surface area (TPSA) is 88.0 Å². The highest BCUT2D eigenvalue weighted by molar-refractivity contribution is 9.10. The minimum atomic E-state index is -1.11. The van der Waals surface area contributed by atoms with E-state index in [1.807, 2.05) is 0 Å². The Morgan fingerprint density at radius 3 is 2.35 bits per heavy atom. The molecule has 1 rings (SSSR count). The Balaban J connectivity index is 3.17. The lowest BCUT2D eigenvalue weighted by Crippen LogP contribution is -2.51. The summed E-state index contributed by atoms with van der Waals surface area (Å²) in [6, 6.07) is 3.20. The van der Waals surface area contributed by atoms with E-state index in [1.54, 1.807) is 6.07 Å². The predicted octanol–water partition coefficient (Wildman–Crippen LogP) is 0.939. The number of carbonyl (C=O) groups is 1. The SMILES string of the molecule is COc1cc(Br)c(OC)c(C(=O)NC(C)(CO)CO)c1. The summed E-state index contributed by atoms with van der Waals surface area (Å²) >= 11 is 3.30. The van der Waals surface area contributed by atoms with Crippen molar-refractivity contribution in [3.63, 3.8) is 0 Å². The number of amides is 1. The van der Waals surface area contributed by atoms with E-state index in [9.17, 15) is 15.0 Å². The summed E-state index contributed by atoms with van der Waals surface area (Å²) in [6.07, 6.45) is 0. The zero-order chi connectivity index (χ0) is 15.3. The van der Waals surface area contributed by atoms with Crippen LogP contribution < -0.4 is 14.8 Å². The van der Waals surface area contributed by atoms with Crippen molar-refractivity contribution in [2.24, 2.45) is 0 Å². The Bertz CT molecular complexity index is 488. The highest BCUT2D eigenvalue weighted by Gasteiger charge is 2.27. The van der Waals surface area contributed by atoms with Gasteiger partial charge in [-0.3, -0.25) is 4.79 Å². The fourth-order valence-corrected chi connectivity index (χ4v) is 2.13. The van der Waals surface area contributed by atoms with Gasteiger partial charge in [-0.2, -0.15) is 0 Å². The average molecular weight is 348 g/mol. The van der Waals surface area contributed by atoms with Crippen LogP contribution in [-0.2, 0) is 0 Å². The van der Waals surface area contributed by atoms with Crippen LogP contribution in [0.25, 0.3) is 0 Å². The molecule has 0 unspecified atom stereocenters. The van der Waals surface area contributed by atoms with Gasteiger partial charge < -0.3 is 25.0 Å². The van der Waals surface area contributed by atoms with Crippen LogP contribution >= 0.6 is 15.9 Å². The molecule has 0 aliphatic carbocycles. The maximum Gasteiger partial charge on any atom is 0.255 e. The first kappa shape index (κ1) is 16.7. The fourth-order valence-electron chi connectivity index (χ4n) is 1.53. The van der Waals surface area contributed by atoms with Crippen LogP contribution in [0.1, 0.15) is 17.3 Å². The molecular weight excluding hydrogens is 330 g/mol. The Morgan fingerprint density at radius 2 is 1.90 bits per heavy atom. The molecule has 0 atom stereocenters. The van der Waals surface area contributed by atoms with Gasteiger partial charge in [-0.25, -0.2) is 0 Å². The number of aliphatic hydroxyl groups excluding tert-OH is 2. The van der Waals surface area contributed by atoms with Crippen molar-refractivity contribution in [3.05, 3.63) is 22.2 Å². The maximum atomic E-state index is 12.3. The second-order valence-electron chi connectivity index (χ2n) is 4.52. The zero-order valence-electron chi connectivity index (χ0n) is 11.6. The zero-order valence-corrected chi connectivity index (χ0v) is 13.2. The summed E-state index contributed by atoms with van der Waals surface area (Å²) in [5, 5.41) is 21.0. The predicted molar refractivity (Wildman–Crippen MR) is 77.3 cm³/mol. The quantitative estimate of drug-likeness (QED) is 0.712. The Morgan fingerprint density at radius 1 is 1.30 bits per heavy atom. The first-order valence-electron chi connectivity index (χ1n) is 5.86. The summed E-state index contributed by atoms with van der Waals surface area (Å²) in [5.74, 6) is 0.353. The number of hydrogen-bond acceptors (Lipinski definition) is 5. The van der Waals surface area contributed by atoms with E-state index in [0.29, 0.717) is 16.0 Å². The minimum absolute atomic E-state index is 0.242. The lowest BCUT2D eigenvalue weighted by atomic mass is 10.0. The largest absolute Gasteiger partial charge is 0.497 e. The van der Waals surface area contributed by atoms with E-state index in [4.69, 9.17) is 9.47 Å². The van der Waals surface area contributed by atoms with E-state index in [2.05, 4.69) is 21.2 Å². The third-order valence-corrected chi connectivity index (χ3v) is 3.40. The number of nitrogens with one attached hydrogen (secondary N) is 1. The van der Waals surface area contributed by atoms with Crippen LogP contribution in [-0.4, -0.2) is 49.1 Å². The second-order valence-corrected chi connectivity index (χ2v) is 5.38. The molecule has 0 heterocycles. The Kier molecular flexibility index (Phi) is 5.79. The van der Waals surface area contributed by atoms with Crippen LogP contribution in [0.3, 0.4) is 0 Å². The highest BCUT2D eigenvalue weighted by atomic mass is 79.9. The molecule has 1 aromatic carbocycles. The molecule has 112 valence electrons. The van der Waals surface area contributed by atoms with Gasteiger partial charge in [-0.1, -0.05) is 0 Å². The van der Waals surface area contributed by atoms with Gasteiger partial charge in [0.2, 0.25) is 0 Å². The van der Waals surface area contributed by atoms with Crippen LogP contribution in [0.15, 0.2) is 16.6 Å². The van der Waals surface area contributed by atoms with Gasteiger partial charge >= 0.3 is 0 Å². The van der Waals surface area contributed by atoms with Crippen molar-refractivity contribution in [1.29, 1.82) is 0 Å². The number of carbonyl (C=O) groups excluding carboxylic acids is 1. The van der Waals surface area contributed by atoms with Gasteiger partial charge in [0.25, 0.3) is 5.91 Å². The molecule has 0 bridgehead atoms. The van der Waals surface area contributed by atoms with Crippen molar-refractivity contribution in [1.82, 2.24) is 5.32 Å². The third kappa shape index (κ3) is 3.62. The van der Waals surface area contributed by atoms with Crippen LogP contribution in [0.2, 0.25) is 0 Å². The fraction of sp³-hybridized carbons (Fsp3) is 0.462. The van der Waals surface area contributed by atoms with Crippen molar-refractivity contribution < 1.29 is 24.5 Å². The van der Waals surface area contributed by atoms with Crippen LogP contribution in [0.5, 0.6) is 11.5 Å². The number of hydrogen-bond donors (Lipinski definition) is 3. The monoisotopic (exact) mass is 347 g/mol. The van der Waals surface area contributed by atoms with Gasteiger partial charge in [0, 0.05) is 0 Å². The molecule has 0 spiro atoms. The smallest absolute Gasteiger partial charge is 0.255 e. The molecule has 20 heavy (non-hydrogen) atoms. The first-order chi connectivity index (χ1) is 9.40.